The van der Waals surface area contributed by atoms with Gasteiger partial charge >= 0.3 is 0 Å². The summed E-state index contributed by atoms with van der Waals surface area (Å²) in [6.45, 7) is 0. The van der Waals surface area contributed by atoms with Crippen LogP contribution in [0.4, 0.5) is 0 Å². The number of rotatable bonds is 9. The number of nitrogens with zero attached hydrogens (tertiary/aromatic N) is 4. The molecule has 0 aliphatic heterocycles. The number of halogens is 1. The van der Waals surface area contributed by atoms with Gasteiger partial charge in [-0.15, -0.1) is 10.2 Å². The Kier molecular flexibility index (Phi) is 8.02. The number of nitrogens with one attached hydrogen (secondary N) is 1. The highest BCUT2D eigenvalue weighted by molar-refractivity contribution is 7.99. The van der Waals surface area contributed by atoms with Crippen molar-refractivity contribution in [2.75, 3.05) is 20.0 Å². The van der Waals surface area contributed by atoms with Gasteiger partial charge in [0.2, 0.25) is 0 Å². The number of hydrogen-bond donors (Lipinski definition) is 1. The molecule has 0 unspecified atom stereocenters. The molecule has 1 heterocycles. The highest BCUT2D eigenvalue weighted by Gasteiger charge is 2.17. The van der Waals surface area contributed by atoms with E-state index in [-0.39, 0.29) is 11.7 Å². The molecule has 35 heavy (non-hydrogen) atoms. The molecule has 0 saturated carbocycles. The molecule has 0 spiro atoms. The Morgan fingerprint density at radius 3 is 2.23 bits per heavy atom. The predicted molar refractivity (Wildman–Crippen MR) is 138 cm³/mol. The topological polar surface area (TPSA) is 90.6 Å². The average Bonchev–Trinajstić information content (AvgIpc) is 3.32. The van der Waals surface area contributed by atoms with Crippen LogP contribution in [0.1, 0.15) is 5.56 Å². The van der Waals surface area contributed by atoms with Crippen LogP contribution in [-0.4, -0.2) is 46.9 Å². The van der Waals surface area contributed by atoms with Crippen molar-refractivity contribution in [3.8, 4) is 28.6 Å². The maximum absolute atomic E-state index is 12.4. The van der Waals surface area contributed by atoms with Gasteiger partial charge in [0.05, 0.1) is 26.2 Å². The molecule has 1 amide bonds. The monoisotopic (exact) mass is 507 g/mol. The van der Waals surface area contributed by atoms with Crippen LogP contribution in [0, 0.1) is 0 Å². The Morgan fingerprint density at radius 1 is 0.971 bits per heavy atom. The van der Waals surface area contributed by atoms with Gasteiger partial charge in [0, 0.05) is 16.3 Å². The number of carbonyl (C=O) groups is 1. The summed E-state index contributed by atoms with van der Waals surface area (Å²) in [6.07, 6.45) is 1.56. The molecule has 4 aromatic rings. The van der Waals surface area contributed by atoms with Gasteiger partial charge in [-0.25, -0.2) is 5.43 Å². The van der Waals surface area contributed by atoms with E-state index in [1.807, 2.05) is 65.2 Å². The minimum Gasteiger partial charge on any atom is -0.497 e. The van der Waals surface area contributed by atoms with E-state index < -0.39 is 0 Å². The van der Waals surface area contributed by atoms with E-state index in [2.05, 4.69) is 20.7 Å². The first-order valence-corrected chi connectivity index (χ1v) is 11.9. The van der Waals surface area contributed by atoms with Crippen LogP contribution < -0.4 is 14.9 Å². The first kappa shape index (κ1) is 24.3. The summed E-state index contributed by atoms with van der Waals surface area (Å²) in [5, 5.41) is 13.9. The number of carbonyl (C=O) groups excluding carboxylic acids is 1. The summed E-state index contributed by atoms with van der Waals surface area (Å²) in [4.78, 5) is 12.4. The van der Waals surface area contributed by atoms with E-state index in [0.717, 1.165) is 28.3 Å². The van der Waals surface area contributed by atoms with Gasteiger partial charge in [-0.1, -0.05) is 35.5 Å². The van der Waals surface area contributed by atoms with Gasteiger partial charge in [-0.3, -0.25) is 9.36 Å². The number of benzene rings is 3. The molecule has 1 N–H and O–H groups in total. The van der Waals surface area contributed by atoms with Crippen molar-refractivity contribution < 1.29 is 14.3 Å². The highest BCUT2D eigenvalue weighted by atomic mass is 35.5. The maximum Gasteiger partial charge on any atom is 0.250 e. The third-order valence-electron chi connectivity index (χ3n) is 4.92. The summed E-state index contributed by atoms with van der Waals surface area (Å²) < 4.78 is 12.4. The molecule has 0 saturated heterocycles. The summed E-state index contributed by atoms with van der Waals surface area (Å²) in [5.74, 6) is 1.96. The number of ether oxygens (including phenoxy) is 2. The zero-order valence-corrected chi connectivity index (χ0v) is 20.6. The molecule has 3 aromatic carbocycles. The summed E-state index contributed by atoms with van der Waals surface area (Å²) in [7, 11) is 3.24. The van der Waals surface area contributed by atoms with E-state index in [1.165, 1.54) is 11.8 Å². The van der Waals surface area contributed by atoms with Gasteiger partial charge < -0.3 is 9.47 Å². The first-order chi connectivity index (χ1) is 17.1. The fourth-order valence-corrected chi connectivity index (χ4v) is 4.01. The zero-order valence-electron chi connectivity index (χ0n) is 19.0. The minimum absolute atomic E-state index is 0.106. The Morgan fingerprint density at radius 2 is 1.60 bits per heavy atom. The number of thioether (sulfide) groups is 1. The fourth-order valence-electron chi connectivity index (χ4n) is 3.14. The molecule has 10 heteroatoms. The SMILES string of the molecule is COc1ccc(-c2nnc(SCC(=O)N/N=C\c3ccc(Cl)cc3)n2-c2ccc(OC)cc2)cc1. The van der Waals surface area contributed by atoms with Crippen LogP contribution in [0.2, 0.25) is 5.02 Å². The van der Waals surface area contributed by atoms with Gasteiger partial charge in [0.15, 0.2) is 11.0 Å². The molecule has 8 nitrogen and oxygen atoms in total. The molecule has 178 valence electrons. The second kappa shape index (κ2) is 11.5. The molecule has 0 aliphatic rings. The molecule has 0 aliphatic carbocycles. The zero-order chi connectivity index (χ0) is 24.6. The van der Waals surface area contributed by atoms with Crippen molar-refractivity contribution in [2.45, 2.75) is 5.16 Å². The number of aromatic nitrogens is 3. The Hall–Kier alpha value is -3.82. The van der Waals surface area contributed by atoms with E-state index in [1.54, 1.807) is 32.6 Å². The van der Waals surface area contributed by atoms with Gasteiger partial charge in [0.25, 0.3) is 5.91 Å². The number of amides is 1. The van der Waals surface area contributed by atoms with Gasteiger partial charge in [-0.05, 0) is 66.2 Å². The molecule has 0 atom stereocenters. The predicted octanol–water partition coefficient (Wildman–Crippen LogP) is 4.85. The first-order valence-electron chi connectivity index (χ1n) is 10.5. The molecular weight excluding hydrogens is 486 g/mol. The minimum atomic E-state index is -0.268. The summed E-state index contributed by atoms with van der Waals surface area (Å²) in [6, 6.07) is 22.2. The average molecular weight is 508 g/mol. The molecular formula is C25H22ClN5O3S. The lowest BCUT2D eigenvalue weighted by molar-refractivity contribution is -0.118. The Balaban J connectivity index is 1.52. The van der Waals surface area contributed by atoms with Crippen molar-refractivity contribution in [1.29, 1.82) is 0 Å². The summed E-state index contributed by atoms with van der Waals surface area (Å²) in [5.41, 5.74) is 5.05. The quantitative estimate of drug-likeness (QED) is 0.198. The van der Waals surface area contributed by atoms with Crippen LogP contribution in [0.15, 0.2) is 83.1 Å². The normalized spacial score (nSPS) is 10.9. The van der Waals surface area contributed by atoms with E-state index in [0.29, 0.717) is 16.0 Å². The third kappa shape index (κ3) is 6.20. The second-order valence-electron chi connectivity index (χ2n) is 7.20. The van der Waals surface area contributed by atoms with Gasteiger partial charge in [-0.2, -0.15) is 5.10 Å². The van der Waals surface area contributed by atoms with Crippen molar-refractivity contribution in [2.24, 2.45) is 5.10 Å². The fraction of sp³-hybridized carbons (Fsp3) is 0.120. The number of hydrazone groups is 1. The van der Waals surface area contributed by atoms with Crippen molar-refractivity contribution in [3.63, 3.8) is 0 Å². The highest BCUT2D eigenvalue weighted by Crippen LogP contribution is 2.29. The largest absolute Gasteiger partial charge is 0.497 e. The van der Waals surface area contributed by atoms with Crippen LogP contribution in [0.25, 0.3) is 17.1 Å². The summed E-state index contributed by atoms with van der Waals surface area (Å²) >= 11 is 7.14. The van der Waals surface area contributed by atoms with Crippen molar-refractivity contribution >= 4 is 35.5 Å². The number of methoxy groups -OCH3 is 2. The standard InChI is InChI=1S/C25H22ClN5O3S/c1-33-21-11-5-18(6-12-21)24-29-30-25(31(24)20-9-13-22(34-2)14-10-20)35-16-23(32)28-27-15-17-3-7-19(26)8-4-17/h3-15H,16H2,1-2H3,(H,28,32)/b27-15-. The lowest BCUT2D eigenvalue weighted by Gasteiger charge is -2.11. The number of hydrogen-bond acceptors (Lipinski definition) is 7. The van der Waals surface area contributed by atoms with Crippen LogP contribution in [0.5, 0.6) is 11.5 Å². The van der Waals surface area contributed by atoms with E-state index >= 15 is 0 Å². The molecule has 4 rings (SSSR count). The van der Waals surface area contributed by atoms with Gasteiger partial charge in [0.1, 0.15) is 11.5 Å². The van der Waals surface area contributed by atoms with Crippen LogP contribution in [0.3, 0.4) is 0 Å². The molecule has 0 bridgehead atoms. The molecule has 1 aromatic heterocycles. The van der Waals surface area contributed by atoms with E-state index in [4.69, 9.17) is 21.1 Å². The van der Waals surface area contributed by atoms with Crippen LogP contribution >= 0.6 is 23.4 Å². The van der Waals surface area contributed by atoms with Crippen molar-refractivity contribution in [1.82, 2.24) is 20.2 Å². The van der Waals surface area contributed by atoms with Crippen molar-refractivity contribution in [3.05, 3.63) is 83.4 Å². The maximum atomic E-state index is 12.4. The molecule has 0 fully saturated rings. The molecule has 0 radical (unpaired) electrons. The van der Waals surface area contributed by atoms with Crippen LogP contribution in [-0.2, 0) is 4.79 Å². The Labute approximate surface area is 211 Å². The lowest BCUT2D eigenvalue weighted by Crippen LogP contribution is -2.20. The second-order valence-corrected chi connectivity index (χ2v) is 8.58. The Bertz CT molecular complexity index is 1310. The lowest BCUT2D eigenvalue weighted by atomic mass is 10.2. The van der Waals surface area contributed by atoms with E-state index in [9.17, 15) is 4.79 Å². The third-order valence-corrected chi connectivity index (χ3v) is 6.10. The smallest absolute Gasteiger partial charge is 0.250 e.